The lowest BCUT2D eigenvalue weighted by molar-refractivity contribution is 0.150. The van der Waals surface area contributed by atoms with Gasteiger partial charge in [-0.2, -0.15) is 0 Å². The fourth-order valence-electron chi connectivity index (χ4n) is 2.09. The molecule has 4 heteroatoms. The Morgan fingerprint density at radius 3 is 2.35 bits per heavy atom. The summed E-state index contributed by atoms with van der Waals surface area (Å²) in [6.07, 6.45) is 2.28. The Kier molecular flexibility index (Phi) is 3.23. The summed E-state index contributed by atoms with van der Waals surface area (Å²) >= 11 is 6.24. The van der Waals surface area contributed by atoms with E-state index in [9.17, 15) is 5.11 Å². The van der Waals surface area contributed by atoms with Crippen molar-refractivity contribution in [1.82, 2.24) is 0 Å². The van der Waals surface area contributed by atoms with E-state index in [-0.39, 0.29) is 0 Å². The van der Waals surface area contributed by atoms with Crippen LogP contribution in [0.3, 0.4) is 0 Å². The van der Waals surface area contributed by atoms with Crippen molar-refractivity contribution in [2.45, 2.75) is 31.8 Å². The Morgan fingerprint density at radius 2 is 1.88 bits per heavy atom. The number of hydrogen-bond donors (Lipinski definition) is 1. The molecule has 0 amide bonds. The Morgan fingerprint density at radius 1 is 1.29 bits per heavy atom. The molecular weight excluding hydrogens is 240 g/mol. The number of ether oxygens (including phenoxy) is 2. The molecule has 2 rings (SSSR count). The molecule has 1 N–H and O–H groups in total. The number of halogens is 1. The van der Waals surface area contributed by atoms with Crippen LogP contribution >= 0.6 is 11.6 Å². The Labute approximate surface area is 106 Å². The van der Waals surface area contributed by atoms with Crippen LogP contribution in [0.1, 0.15) is 24.0 Å². The molecule has 0 radical (unpaired) electrons. The van der Waals surface area contributed by atoms with E-state index in [0.717, 1.165) is 24.0 Å². The molecule has 0 saturated heterocycles. The van der Waals surface area contributed by atoms with E-state index in [1.807, 2.05) is 13.0 Å². The fraction of sp³-hybridized carbons (Fsp3) is 0.538. The third kappa shape index (κ3) is 2.35. The molecular formula is C13H17ClO3. The zero-order valence-electron chi connectivity index (χ0n) is 10.3. The average Bonchev–Trinajstić information content (AvgIpc) is 2.96. The normalized spacial score (nSPS) is 16.8. The van der Waals surface area contributed by atoms with Crippen molar-refractivity contribution in [3.8, 4) is 11.5 Å². The zero-order chi connectivity index (χ0) is 12.6. The first-order valence-electron chi connectivity index (χ1n) is 5.63. The van der Waals surface area contributed by atoms with Crippen LogP contribution in [0.5, 0.6) is 11.5 Å². The highest BCUT2D eigenvalue weighted by atomic mass is 35.5. The van der Waals surface area contributed by atoms with Gasteiger partial charge in [0.05, 0.1) is 19.8 Å². The standard InChI is InChI=1S/C13H17ClO3/c1-8-6-9(7-13(15)4-5-13)12(17-3)10(14)11(8)16-2/h6,15H,4-5,7H2,1-3H3. The molecule has 0 atom stereocenters. The maximum absolute atomic E-state index is 9.98. The second kappa shape index (κ2) is 4.39. The van der Waals surface area contributed by atoms with E-state index in [2.05, 4.69) is 0 Å². The first-order valence-corrected chi connectivity index (χ1v) is 6.01. The molecule has 1 aromatic carbocycles. The van der Waals surface area contributed by atoms with E-state index >= 15 is 0 Å². The summed E-state index contributed by atoms with van der Waals surface area (Å²) in [6.45, 7) is 1.94. The lowest BCUT2D eigenvalue weighted by atomic mass is 10.0. The smallest absolute Gasteiger partial charge is 0.144 e. The highest BCUT2D eigenvalue weighted by Crippen LogP contribution is 2.45. The Balaban J connectivity index is 2.44. The van der Waals surface area contributed by atoms with Crippen LogP contribution in [0, 0.1) is 6.92 Å². The van der Waals surface area contributed by atoms with Crippen molar-refractivity contribution in [1.29, 1.82) is 0 Å². The summed E-state index contributed by atoms with van der Waals surface area (Å²) in [5.41, 5.74) is 1.34. The van der Waals surface area contributed by atoms with E-state index in [4.69, 9.17) is 21.1 Å². The summed E-state index contributed by atoms with van der Waals surface area (Å²) in [6, 6.07) is 1.97. The van der Waals surface area contributed by atoms with Crippen molar-refractivity contribution in [2.75, 3.05) is 14.2 Å². The topological polar surface area (TPSA) is 38.7 Å². The lowest BCUT2D eigenvalue weighted by Gasteiger charge is -2.17. The first kappa shape index (κ1) is 12.5. The fourth-order valence-corrected chi connectivity index (χ4v) is 2.51. The predicted molar refractivity (Wildman–Crippen MR) is 67.2 cm³/mol. The number of rotatable bonds is 4. The van der Waals surface area contributed by atoms with Gasteiger partial charge in [0.2, 0.25) is 0 Å². The highest BCUT2D eigenvalue weighted by Gasteiger charge is 2.41. The average molecular weight is 257 g/mol. The summed E-state index contributed by atoms with van der Waals surface area (Å²) in [7, 11) is 3.16. The van der Waals surface area contributed by atoms with Gasteiger partial charge in [0.1, 0.15) is 16.5 Å². The van der Waals surface area contributed by atoms with E-state index in [0.29, 0.717) is 22.9 Å². The molecule has 0 unspecified atom stereocenters. The van der Waals surface area contributed by atoms with Gasteiger partial charge in [-0.25, -0.2) is 0 Å². The molecule has 1 aliphatic carbocycles. The highest BCUT2D eigenvalue weighted by molar-refractivity contribution is 6.33. The largest absolute Gasteiger partial charge is 0.495 e. The second-order valence-corrected chi connectivity index (χ2v) is 5.01. The van der Waals surface area contributed by atoms with Crippen molar-refractivity contribution in [2.24, 2.45) is 0 Å². The summed E-state index contributed by atoms with van der Waals surface area (Å²) in [5, 5.41) is 10.5. The summed E-state index contributed by atoms with van der Waals surface area (Å²) in [5.74, 6) is 1.24. The minimum atomic E-state index is -0.558. The SMILES string of the molecule is COc1c(C)cc(CC2(O)CC2)c(OC)c1Cl. The van der Waals surface area contributed by atoms with Crippen LogP contribution in [-0.4, -0.2) is 24.9 Å². The predicted octanol–water partition coefficient (Wildman–Crippen LogP) is 2.73. The molecule has 0 aliphatic heterocycles. The maximum Gasteiger partial charge on any atom is 0.144 e. The van der Waals surface area contributed by atoms with Gasteiger partial charge in [0, 0.05) is 6.42 Å². The molecule has 0 bridgehead atoms. The van der Waals surface area contributed by atoms with Gasteiger partial charge < -0.3 is 14.6 Å². The molecule has 1 fully saturated rings. The van der Waals surface area contributed by atoms with Crippen molar-refractivity contribution in [3.05, 3.63) is 22.2 Å². The molecule has 1 saturated carbocycles. The second-order valence-electron chi connectivity index (χ2n) is 4.63. The van der Waals surface area contributed by atoms with Gasteiger partial charge in [-0.3, -0.25) is 0 Å². The molecule has 0 spiro atoms. The third-order valence-corrected chi connectivity index (χ3v) is 3.54. The van der Waals surface area contributed by atoms with Crippen LogP contribution in [0.25, 0.3) is 0 Å². The molecule has 0 heterocycles. The van der Waals surface area contributed by atoms with Gasteiger partial charge in [0.25, 0.3) is 0 Å². The lowest BCUT2D eigenvalue weighted by Crippen LogP contribution is -2.12. The minimum Gasteiger partial charge on any atom is -0.495 e. The number of hydrogen-bond acceptors (Lipinski definition) is 3. The van der Waals surface area contributed by atoms with Gasteiger partial charge in [-0.05, 0) is 37.0 Å². The van der Waals surface area contributed by atoms with Crippen LogP contribution in [0.15, 0.2) is 6.07 Å². The summed E-state index contributed by atoms with van der Waals surface area (Å²) in [4.78, 5) is 0. The van der Waals surface area contributed by atoms with Gasteiger partial charge in [0.15, 0.2) is 0 Å². The number of aliphatic hydroxyl groups is 1. The van der Waals surface area contributed by atoms with E-state index < -0.39 is 5.60 Å². The molecule has 0 aromatic heterocycles. The van der Waals surface area contributed by atoms with Crippen molar-refractivity contribution in [3.63, 3.8) is 0 Å². The van der Waals surface area contributed by atoms with Gasteiger partial charge in [-0.1, -0.05) is 11.6 Å². The maximum atomic E-state index is 9.98. The minimum absolute atomic E-state index is 0.481. The Hall–Kier alpha value is -0.930. The van der Waals surface area contributed by atoms with Crippen LogP contribution < -0.4 is 9.47 Å². The molecule has 1 aliphatic rings. The number of aryl methyl sites for hydroxylation is 1. The van der Waals surface area contributed by atoms with Gasteiger partial charge >= 0.3 is 0 Å². The van der Waals surface area contributed by atoms with Crippen LogP contribution in [-0.2, 0) is 6.42 Å². The van der Waals surface area contributed by atoms with E-state index in [1.54, 1.807) is 14.2 Å². The van der Waals surface area contributed by atoms with Crippen molar-refractivity contribution >= 4 is 11.6 Å². The van der Waals surface area contributed by atoms with E-state index in [1.165, 1.54) is 0 Å². The van der Waals surface area contributed by atoms with Crippen LogP contribution in [0.4, 0.5) is 0 Å². The monoisotopic (exact) mass is 256 g/mol. The molecule has 1 aromatic rings. The molecule has 17 heavy (non-hydrogen) atoms. The van der Waals surface area contributed by atoms with Crippen LogP contribution in [0.2, 0.25) is 5.02 Å². The first-order chi connectivity index (χ1) is 8.00. The zero-order valence-corrected chi connectivity index (χ0v) is 11.1. The molecule has 3 nitrogen and oxygen atoms in total. The number of benzene rings is 1. The number of methoxy groups -OCH3 is 2. The van der Waals surface area contributed by atoms with Crippen molar-refractivity contribution < 1.29 is 14.6 Å². The Bertz CT molecular complexity index is 439. The quantitative estimate of drug-likeness (QED) is 0.900. The summed E-state index contributed by atoms with van der Waals surface area (Å²) < 4.78 is 10.6. The molecule has 94 valence electrons. The third-order valence-electron chi connectivity index (χ3n) is 3.19. The van der Waals surface area contributed by atoms with Gasteiger partial charge in [-0.15, -0.1) is 0 Å².